The maximum atomic E-state index is 5.50. The number of nitrogens with zero attached hydrogens (tertiary/aromatic N) is 6. The average molecular weight is 363 g/mol. The molecule has 0 saturated heterocycles. The van der Waals surface area contributed by atoms with Gasteiger partial charge in [0.15, 0.2) is 0 Å². The van der Waals surface area contributed by atoms with Gasteiger partial charge in [-0.3, -0.25) is 4.40 Å². The van der Waals surface area contributed by atoms with Crippen LogP contribution in [0, 0.1) is 6.92 Å². The second-order valence-corrected chi connectivity index (χ2v) is 7.46. The van der Waals surface area contributed by atoms with Crippen LogP contribution in [0.3, 0.4) is 0 Å². The normalized spacial score (nSPS) is 22.3. The molecule has 4 aromatic heterocycles. The minimum atomic E-state index is -0.0283. The Bertz CT molecular complexity index is 1140. The molecule has 0 unspecified atom stereocenters. The molecule has 1 aliphatic rings. The van der Waals surface area contributed by atoms with Gasteiger partial charge in [0.25, 0.3) is 0 Å². The zero-order chi connectivity index (χ0) is 18.6. The Morgan fingerprint density at radius 2 is 2.00 bits per heavy atom. The topological polar surface area (TPSA) is 81.6 Å². The van der Waals surface area contributed by atoms with E-state index in [1.807, 2.05) is 52.9 Å². The molecular weight excluding hydrogens is 342 g/mol. The predicted octanol–water partition coefficient (Wildman–Crippen LogP) is 2.73. The number of imidazole rings is 1. The van der Waals surface area contributed by atoms with Gasteiger partial charge in [-0.2, -0.15) is 0 Å². The summed E-state index contributed by atoms with van der Waals surface area (Å²) in [7, 11) is 1.76. The van der Waals surface area contributed by atoms with Crippen LogP contribution in [0.4, 0.5) is 5.95 Å². The van der Waals surface area contributed by atoms with Gasteiger partial charge < -0.3 is 10.1 Å². The van der Waals surface area contributed by atoms with E-state index in [0.29, 0.717) is 17.8 Å². The molecule has 0 aromatic carbocycles. The van der Waals surface area contributed by atoms with E-state index in [1.54, 1.807) is 7.11 Å². The van der Waals surface area contributed by atoms with Crippen molar-refractivity contribution in [1.82, 2.24) is 29.0 Å². The van der Waals surface area contributed by atoms with Crippen molar-refractivity contribution < 1.29 is 4.74 Å². The Labute approximate surface area is 156 Å². The largest absolute Gasteiger partial charge is 0.378 e. The highest BCUT2D eigenvalue weighted by Gasteiger charge is 2.40. The first kappa shape index (κ1) is 16.2. The average Bonchev–Trinajstić information content (AvgIpc) is 3.23. The molecule has 8 heteroatoms. The highest BCUT2D eigenvalue weighted by molar-refractivity contribution is 5.79. The van der Waals surface area contributed by atoms with Crippen molar-refractivity contribution in [2.45, 2.75) is 38.3 Å². The van der Waals surface area contributed by atoms with Crippen molar-refractivity contribution in [3.63, 3.8) is 0 Å². The van der Waals surface area contributed by atoms with E-state index >= 15 is 0 Å². The number of hydrogen-bond acceptors (Lipinski definition) is 6. The van der Waals surface area contributed by atoms with Crippen molar-refractivity contribution in [2.75, 3.05) is 12.4 Å². The molecule has 4 aromatic rings. The number of nitrogens with one attached hydrogen (secondary N) is 1. The second kappa shape index (κ2) is 5.75. The van der Waals surface area contributed by atoms with Gasteiger partial charge in [0.05, 0.1) is 23.5 Å². The van der Waals surface area contributed by atoms with Gasteiger partial charge in [-0.05, 0) is 32.8 Å². The van der Waals surface area contributed by atoms with Gasteiger partial charge in [0.1, 0.15) is 0 Å². The summed E-state index contributed by atoms with van der Waals surface area (Å²) in [6, 6.07) is 2.38. The third kappa shape index (κ3) is 2.64. The van der Waals surface area contributed by atoms with E-state index in [0.717, 1.165) is 35.2 Å². The number of aromatic nitrogens is 6. The second-order valence-electron chi connectivity index (χ2n) is 7.46. The summed E-state index contributed by atoms with van der Waals surface area (Å²) in [6.45, 7) is 4.14. The molecule has 1 fully saturated rings. The molecule has 4 heterocycles. The van der Waals surface area contributed by atoms with Crippen LogP contribution in [0.15, 0.2) is 37.1 Å². The quantitative estimate of drug-likeness (QED) is 0.600. The van der Waals surface area contributed by atoms with Crippen molar-refractivity contribution >= 4 is 17.2 Å². The lowest BCUT2D eigenvalue weighted by atomic mass is 9.77. The molecule has 1 aliphatic carbocycles. The molecule has 5 rings (SSSR count). The molecule has 1 N–H and O–H groups in total. The van der Waals surface area contributed by atoms with Crippen LogP contribution >= 0.6 is 0 Å². The summed E-state index contributed by atoms with van der Waals surface area (Å²) in [5, 5.41) is 7.99. The van der Waals surface area contributed by atoms with Crippen molar-refractivity contribution in [3.8, 4) is 11.1 Å². The van der Waals surface area contributed by atoms with E-state index in [2.05, 4.69) is 32.3 Å². The molecule has 0 amide bonds. The monoisotopic (exact) mass is 363 g/mol. The SMILES string of the molecule is CO[C@]1(C)C[C@H](Nc2ncc3c(-c4cnc5ncc(C)n5c4)ccn3n2)C1. The Morgan fingerprint density at radius 3 is 2.81 bits per heavy atom. The number of rotatable bonds is 4. The molecule has 1 saturated carbocycles. The summed E-state index contributed by atoms with van der Waals surface area (Å²) in [4.78, 5) is 13.2. The van der Waals surface area contributed by atoms with E-state index in [4.69, 9.17) is 4.74 Å². The number of methoxy groups -OCH3 is 1. The number of hydrogen-bond donors (Lipinski definition) is 1. The van der Waals surface area contributed by atoms with Gasteiger partial charge in [0.2, 0.25) is 11.7 Å². The molecular formula is C19H21N7O. The minimum absolute atomic E-state index is 0.0283. The first-order valence-electron chi connectivity index (χ1n) is 9.01. The molecule has 0 aliphatic heterocycles. The Hall–Kier alpha value is -3.00. The summed E-state index contributed by atoms with van der Waals surface area (Å²) in [5.74, 6) is 1.33. The zero-order valence-electron chi connectivity index (χ0n) is 15.5. The Morgan fingerprint density at radius 1 is 1.19 bits per heavy atom. The molecule has 0 bridgehead atoms. The third-order valence-electron chi connectivity index (χ3n) is 5.46. The fourth-order valence-corrected chi connectivity index (χ4v) is 3.77. The summed E-state index contributed by atoms with van der Waals surface area (Å²) in [5.41, 5.74) is 4.01. The number of aryl methyl sites for hydroxylation is 1. The lowest BCUT2D eigenvalue weighted by Gasteiger charge is -2.44. The van der Waals surface area contributed by atoms with Crippen molar-refractivity contribution in [2.24, 2.45) is 0 Å². The zero-order valence-corrected chi connectivity index (χ0v) is 15.5. The highest BCUT2D eigenvalue weighted by atomic mass is 16.5. The van der Waals surface area contributed by atoms with Gasteiger partial charge in [-0.15, -0.1) is 5.10 Å². The first-order valence-corrected chi connectivity index (χ1v) is 9.01. The Kier molecular flexibility index (Phi) is 3.45. The molecule has 27 heavy (non-hydrogen) atoms. The Balaban J connectivity index is 1.44. The predicted molar refractivity (Wildman–Crippen MR) is 102 cm³/mol. The lowest BCUT2D eigenvalue weighted by molar-refractivity contribution is -0.0626. The molecule has 8 nitrogen and oxygen atoms in total. The van der Waals surface area contributed by atoms with Crippen molar-refractivity contribution in [1.29, 1.82) is 0 Å². The summed E-state index contributed by atoms with van der Waals surface area (Å²) >= 11 is 0. The summed E-state index contributed by atoms with van der Waals surface area (Å²) in [6.07, 6.45) is 11.4. The van der Waals surface area contributed by atoms with Crippen LogP contribution < -0.4 is 5.32 Å². The standard InChI is InChI=1S/C19H21N7O/c1-12-8-21-18-22-9-13(11-25(12)18)15-4-5-26-16(15)10-20-17(24-26)23-14-6-19(2,7-14)27-3/h4-5,8-11,14H,6-7H2,1-3H3,(H,23,24)/t14-,19+. The van der Waals surface area contributed by atoms with E-state index in [-0.39, 0.29) is 5.60 Å². The van der Waals surface area contributed by atoms with Gasteiger partial charge in [-0.1, -0.05) is 0 Å². The maximum absolute atomic E-state index is 5.50. The van der Waals surface area contributed by atoms with E-state index in [9.17, 15) is 0 Å². The fourth-order valence-electron chi connectivity index (χ4n) is 3.77. The van der Waals surface area contributed by atoms with E-state index in [1.165, 1.54) is 0 Å². The maximum Gasteiger partial charge on any atom is 0.241 e. The van der Waals surface area contributed by atoms with Crippen molar-refractivity contribution in [3.05, 3.63) is 42.7 Å². The minimum Gasteiger partial charge on any atom is -0.378 e. The van der Waals surface area contributed by atoms with Crippen LogP contribution in [0.2, 0.25) is 0 Å². The molecule has 138 valence electrons. The fraction of sp³-hybridized carbons (Fsp3) is 0.368. The molecule has 0 atom stereocenters. The van der Waals surface area contributed by atoms with Crippen LogP contribution in [0.25, 0.3) is 22.4 Å². The van der Waals surface area contributed by atoms with Gasteiger partial charge >= 0.3 is 0 Å². The van der Waals surface area contributed by atoms with E-state index < -0.39 is 0 Å². The van der Waals surface area contributed by atoms with Gasteiger partial charge in [0, 0.05) is 48.6 Å². The van der Waals surface area contributed by atoms with Gasteiger partial charge in [-0.25, -0.2) is 19.5 Å². The molecule has 0 radical (unpaired) electrons. The molecule has 0 spiro atoms. The third-order valence-corrected chi connectivity index (χ3v) is 5.46. The lowest BCUT2D eigenvalue weighted by Crippen LogP contribution is -2.49. The smallest absolute Gasteiger partial charge is 0.241 e. The number of anilines is 1. The number of fused-ring (bicyclic) bond motifs is 2. The van der Waals surface area contributed by atoms with Crippen LogP contribution in [0.1, 0.15) is 25.5 Å². The van der Waals surface area contributed by atoms with Crippen LogP contribution in [0.5, 0.6) is 0 Å². The first-order chi connectivity index (χ1) is 13.0. The van der Waals surface area contributed by atoms with Crippen LogP contribution in [-0.2, 0) is 4.74 Å². The summed E-state index contributed by atoms with van der Waals surface area (Å²) < 4.78 is 9.33. The highest BCUT2D eigenvalue weighted by Crippen LogP contribution is 2.36. The van der Waals surface area contributed by atoms with Crippen LogP contribution in [-0.4, -0.2) is 47.7 Å². The number of ether oxygens (including phenoxy) is 1.